The van der Waals surface area contributed by atoms with Crippen molar-refractivity contribution in [3.8, 4) is 5.69 Å². The Hall–Kier alpha value is -4.53. The first kappa shape index (κ1) is 19.8. The van der Waals surface area contributed by atoms with Gasteiger partial charge in [-0.3, -0.25) is 4.79 Å². The van der Waals surface area contributed by atoms with Gasteiger partial charge < -0.3 is 16.0 Å². The van der Waals surface area contributed by atoms with E-state index in [-0.39, 0.29) is 11.9 Å². The molecule has 2 heterocycles. The summed E-state index contributed by atoms with van der Waals surface area (Å²) in [6.07, 6.45) is 6.10. The second kappa shape index (κ2) is 8.87. The number of urea groups is 1. The molecule has 31 heavy (non-hydrogen) atoms. The maximum Gasteiger partial charge on any atom is 0.323 e. The van der Waals surface area contributed by atoms with Crippen LogP contribution in [0.15, 0.2) is 79.5 Å². The summed E-state index contributed by atoms with van der Waals surface area (Å²) >= 11 is 0. The zero-order valence-corrected chi connectivity index (χ0v) is 16.6. The number of nitrogens with one attached hydrogen (secondary N) is 3. The maximum absolute atomic E-state index is 12.5. The fraction of sp³-hybridized carbons (Fsp3) is 0.0455. The van der Waals surface area contributed by atoms with Crippen molar-refractivity contribution in [2.45, 2.75) is 6.92 Å². The van der Waals surface area contributed by atoms with E-state index in [0.29, 0.717) is 28.4 Å². The molecule has 4 rings (SSSR count). The highest BCUT2D eigenvalue weighted by Crippen LogP contribution is 2.15. The van der Waals surface area contributed by atoms with Gasteiger partial charge in [0.2, 0.25) is 0 Å². The van der Waals surface area contributed by atoms with E-state index in [1.165, 1.54) is 12.5 Å². The lowest BCUT2D eigenvalue weighted by Crippen LogP contribution is -2.19. The van der Waals surface area contributed by atoms with Gasteiger partial charge in [-0.2, -0.15) is 5.10 Å². The molecule has 0 fully saturated rings. The number of hydrogen-bond acceptors (Lipinski definition) is 5. The molecule has 2 aromatic carbocycles. The van der Waals surface area contributed by atoms with Crippen LogP contribution in [0.4, 0.5) is 22.0 Å². The second-order valence-electron chi connectivity index (χ2n) is 6.72. The lowest BCUT2D eigenvalue weighted by Gasteiger charge is -2.07. The Morgan fingerprint density at radius 2 is 1.77 bits per heavy atom. The molecule has 154 valence electrons. The van der Waals surface area contributed by atoms with Crippen LogP contribution >= 0.6 is 0 Å². The van der Waals surface area contributed by atoms with E-state index >= 15 is 0 Å². The largest absolute Gasteiger partial charge is 0.323 e. The van der Waals surface area contributed by atoms with Gasteiger partial charge in [-0.05, 0) is 48.9 Å². The number of carbonyl (C=O) groups excluding carboxylic acids is 2. The van der Waals surface area contributed by atoms with Crippen molar-refractivity contribution < 1.29 is 9.59 Å². The van der Waals surface area contributed by atoms with Gasteiger partial charge in [0.05, 0.1) is 23.8 Å². The summed E-state index contributed by atoms with van der Waals surface area (Å²) in [7, 11) is 0. The minimum Gasteiger partial charge on any atom is -0.308 e. The molecule has 3 N–H and O–H groups in total. The van der Waals surface area contributed by atoms with Crippen molar-refractivity contribution >= 4 is 29.1 Å². The van der Waals surface area contributed by atoms with Crippen molar-refractivity contribution in [2.75, 3.05) is 16.0 Å². The molecule has 0 saturated heterocycles. The van der Waals surface area contributed by atoms with Crippen LogP contribution in [0.5, 0.6) is 0 Å². The Kier molecular flexibility index (Phi) is 5.66. The average Bonchev–Trinajstić information content (AvgIpc) is 3.23. The molecule has 0 aliphatic rings. The van der Waals surface area contributed by atoms with Crippen LogP contribution in [-0.2, 0) is 0 Å². The number of rotatable bonds is 5. The quantitative estimate of drug-likeness (QED) is 0.460. The van der Waals surface area contributed by atoms with Gasteiger partial charge in [0, 0.05) is 17.4 Å². The van der Waals surface area contributed by atoms with E-state index in [2.05, 4.69) is 31.0 Å². The average molecular weight is 413 g/mol. The predicted octanol–water partition coefficient (Wildman–Crippen LogP) is 3.87. The summed E-state index contributed by atoms with van der Waals surface area (Å²) < 4.78 is 1.57. The zero-order chi connectivity index (χ0) is 21.6. The maximum atomic E-state index is 12.5. The van der Waals surface area contributed by atoms with E-state index in [1.807, 2.05) is 37.3 Å². The van der Waals surface area contributed by atoms with Crippen LogP contribution in [0.25, 0.3) is 5.69 Å². The van der Waals surface area contributed by atoms with Crippen molar-refractivity contribution in [1.82, 2.24) is 19.7 Å². The van der Waals surface area contributed by atoms with Crippen LogP contribution in [0.3, 0.4) is 0 Å². The van der Waals surface area contributed by atoms with Crippen LogP contribution in [0.2, 0.25) is 0 Å². The van der Waals surface area contributed by atoms with Gasteiger partial charge in [0.15, 0.2) is 0 Å². The number of aromatic nitrogens is 4. The van der Waals surface area contributed by atoms with Gasteiger partial charge in [-0.15, -0.1) is 0 Å². The van der Waals surface area contributed by atoms with Gasteiger partial charge in [-0.1, -0.05) is 18.2 Å². The Morgan fingerprint density at radius 3 is 2.58 bits per heavy atom. The monoisotopic (exact) mass is 413 g/mol. The number of aryl methyl sites for hydroxylation is 1. The molecule has 0 saturated carbocycles. The van der Waals surface area contributed by atoms with Gasteiger partial charge >= 0.3 is 6.03 Å². The predicted molar refractivity (Wildman–Crippen MR) is 117 cm³/mol. The molecule has 3 amide bonds. The third-order valence-corrected chi connectivity index (χ3v) is 4.31. The molecule has 0 radical (unpaired) electrons. The minimum absolute atomic E-state index is 0.302. The molecular weight excluding hydrogens is 394 g/mol. The van der Waals surface area contributed by atoms with Crippen LogP contribution in [0.1, 0.15) is 15.9 Å². The van der Waals surface area contributed by atoms with Gasteiger partial charge in [0.25, 0.3) is 5.91 Å². The zero-order valence-electron chi connectivity index (χ0n) is 16.6. The molecule has 0 bridgehead atoms. The Balaban J connectivity index is 1.43. The molecule has 2 aromatic heterocycles. The number of anilines is 3. The molecule has 0 aliphatic carbocycles. The number of carbonyl (C=O) groups is 2. The van der Waals surface area contributed by atoms with Crippen LogP contribution < -0.4 is 16.0 Å². The van der Waals surface area contributed by atoms with Gasteiger partial charge in [0.1, 0.15) is 12.1 Å². The molecular formula is C22H19N7O2. The molecule has 4 aromatic rings. The molecule has 0 atom stereocenters. The summed E-state index contributed by atoms with van der Waals surface area (Å²) in [6, 6.07) is 15.7. The van der Waals surface area contributed by atoms with E-state index in [0.717, 1.165) is 5.56 Å². The third kappa shape index (κ3) is 5.10. The molecule has 0 unspecified atom stereocenters. The first-order valence-electron chi connectivity index (χ1n) is 9.44. The highest BCUT2D eigenvalue weighted by molar-refractivity contribution is 6.04. The fourth-order valence-electron chi connectivity index (χ4n) is 2.89. The SMILES string of the molecule is Cc1cccc(NC(=O)Nc2cnn(-c3cccc(C(=O)Nc4ccncn4)c3)c2)c1. The highest BCUT2D eigenvalue weighted by atomic mass is 16.2. The van der Waals surface area contributed by atoms with Crippen LogP contribution in [-0.4, -0.2) is 31.7 Å². The molecule has 9 heteroatoms. The van der Waals surface area contributed by atoms with E-state index < -0.39 is 0 Å². The molecule has 9 nitrogen and oxygen atoms in total. The third-order valence-electron chi connectivity index (χ3n) is 4.31. The normalized spacial score (nSPS) is 10.4. The lowest BCUT2D eigenvalue weighted by molar-refractivity contribution is 0.102. The Bertz CT molecular complexity index is 1220. The fourth-order valence-corrected chi connectivity index (χ4v) is 2.89. The Labute approximate surface area is 178 Å². The van der Waals surface area contributed by atoms with Crippen molar-refractivity contribution in [2.24, 2.45) is 0 Å². The lowest BCUT2D eigenvalue weighted by atomic mass is 10.2. The van der Waals surface area contributed by atoms with Crippen molar-refractivity contribution in [3.05, 3.63) is 90.6 Å². The minimum atomic E-state index is -0.372. The first-order valence-corrected chi connectivity index (χ1v) is 9.44. The summed E-state index contributed by atoms with van der Waals surface area (Å²) in [5.74, 6) is 0.110. The molecule has 0 aliphatic heterocycles. The molecule has 0 spiro atoms. The number of hydrogen-bond donors (Lipinski definition) is 3. The van der Waals surface area contributed by atoms with E-state index in [9.17, 15) is 9.59 Å². The summed E-state index contributed by atoms with van der Waals surface area (Å²) in [6.45, 7) is 1.95. The highest BCUT2D eigenvalue weighted by Gasteiger charge is 2.10. The Morgan fingerprint density at radius 1 is 0.935 bits per heavy atom. The van der Waals surface area contributed by atoms with Crippen LogP contribution in [0, 0.1) is 6.92 Å². The standard InChI is InChI=1S/C22H19N7O2/c1-15-4-2-6-17(10-15)26-22(31)27-18-12-25-29(13-18)19-7-3-5-16(11-19)21(30)28-20-8-9-23-14-24-20/h2-14H,1H3,(H2,26,27,31)(H,23,24,28,30). The van der Waals surface area contributed by atoms with Gasteiger partial charge in [-0.25, -0.2) is 19.4 Å². The summed E-state index contributed by atoms with van der Waals surface area (Å²) in [5, 5.41) is 12.5. The van der Waals surface area contributed by atoms with E-state index in [4.69, 9.17) is 0 Å². The smallest absolute Gasteiger partial charge is 0.308 e. The number of benzene rings is 2. The number of nitrogens with zero attached hydrogens (tertiary/aromatic N) is 4. The summed E-state index contributed by atoms with van der Waals surface area (Å²) in [5.41, 5.74) is 3.38. The first-order chi connectivity index (χ1) is 15.1. The van der Waals surface area contributed by atoms with Crippen molar-refractivity contribution in [1.29, 1.82) is 0 Å². The second-order valence-corrected chi connectivity index (χ2v) is 6.72. The topological polar surface area (TPSA) is 114 Å². The summed E-state index contributed by atoms with van der Waals surface area (Å²) in [4.78, 5) is 32.5. The van der Waals surface area contributed by atoms with E-state index in [1.54, 1.807) is 41.3 Å². The number of amides is 3. The van der Waals surface area contributed by atoms with Crippen molar-refractivity contribution in [3.63, 3.8) is 0 Å².